The second-order valence-electron chi connectivity index (χ2n) is 3.62. The van der Waals surface area contributed by atoms with Crippen molar-refractivity contribution in [2.24, 2.45) is 5.41 Å². The molecule has 1 aliphatic carbocycles. The molecule has 0 saturated heterocycles. The van der Waals surface area contributed by atoms with E-state index in [9.17, 15) is 9.59 Å². The zero-order valence-electron chi connectivity index (χ0n) is 8.54. The Bertz CT molecular complexity index is 245. The number of hydrogen-bond acceptors (Lipinski definition) is 3. The molecule has 0 N–H and O–H groups in total. The molecule has 0 amide bonds. The van der Waals surface area contributed by atoms with Crippen LogP contribution in [-0.4, -0.2) is 18.4 Å². The van der Waals surface area contributed by atoms with Crippen molar-refractivity contribution in [3.63, 3.8) is 0 Å². The van der Waals surface area contributed by atoms with E-state index in [1.54, 1.807) is 13.0 Å². The van der Waals surface area contributed by atoms with E-state index >= 15 is 0 Å². The molecule has 0 aliphatic heterocycles. The third kappa shape index (κ3) is 2.03. The van der Waals surface area contributed by atoms with Gasteiger partial charge in [-0.25, -0.2) is 0 Å². The van der Waals surface area contributed by atoms with Crippen LogP contribution in [0.3, 0.4) is 0 Å². The van der Waals surface area contributed by atoms with Gasteiger partial charge in [-0.05, 0) is 19.8 Å². The van der Waals surface area contributed by atoms with Crippen LogP contribution in [0.2, 0.25) is 0 Å². The summed E-state index contributed by atoms with van der Waals surface area (Å²) >= 11 is 0. The summed E-state index contributed by atoms with van der Waals surface area (Å²) in [4.78, 5) is 22.7. The molecule has 0 aromatic carbocycles. The molecule has 1 rings (SSSR count). The molecular formula is C11H16O3. The van der Waals surface area contributed by atoms with Crippen molar-refractivity contribution in [3.8, 4) is 0 Å². The number of Topliss-reactive ketones (excluding diaryl/α,β-unsaturated/α-hetero) is 1. The highest BCUT2D eigenvalue weighted by atomic mass is 16.5. The number of ketones is 1. The first kappa shape index (κ1) is 11.0. The van der Waals surface area contributed by atoms with Crippen molar-refractivity contribution in [3.05, 3.63) is 12.7 Å². The van der Waals surface area contributed by atoms with Gasteiger partial charge in [0.25, 0.3) is 0 Å². The Morgan fingerprint density at radius 2 is 2.14 bits per heavy atom. The lowest BCUT2D eigenvalue weighted by molar-refractivity contribution is -0.154. The van der Waals surface area contributed by atoms with E-state index < -0.39 is 5.41 Å². The van der Waals surface area contributed by atoms with Crippen molar-refractivity contribution < 1.29 is 14.3 Å². The maximum Gasteiger partial charge on any atom is 0.315 e. The Labute approximate surface area is 84.1 Å². The molecular weight excluding hydrogens is 180 g/mol. The molecule has 14 heavy (non-hydrogen) atoms. The number of hydrogen-bond donors (Lipinski definition) is 0. The molecule has 0 atom stereocenters. The standard InChI is InChI=1S/C11H16O3/c1-3-11(10(13)14-4-2)7-5-9(12)6-8-11/h3H,1,4-8H2,2H3. The second-order valence-corrected chi connectivity index (χ2v) is 3.62. The van der Waals surface area contributed by atoms with Gasteiger partial charge in [-0.3, -0.25) is 9.59 Å². The maximum atomic E-state index is 11.7. The van der Waals surface area contributed by atoms with Gasteiger partial charge in [-0.2, -0.15) is 0 Å². The predicted molar refractivity (Wildman–Crippen MR) is 52.7 cm³/mol. The summed E-state index contributed by atoms with van der Waals surface area (Å²) in [6.45, 7) is 5.83. The van der Waals surface area contributed by atoms with Crippen LogP contribution in [0.4, 0.5) is 0 Å². The Balaban J connectivity index is 2.71. The van der Waals surface area contributed by atoms with Gasteiger partial charge in [0, 0.05) is 12.8 Å². The van der Waals surface area contributed by atoms with Crippen LogP contribution in [0.15, 0.2) is 12.7 Å². The molecule has 0 bridgehead atoms. The lowest BCUT2D eigenvalue weighted by Crippen LogP contribution is -2.35. The Morgan fingerprint density at radius 1 is 1.57 bits per heavy atom. The average Bonchev–Trinajstić information content (AvgIpc) is 2.20. The number of esters is 1. The topological polar surface area (TPSA) is 43.4 Å². The van der Waals surface area contributed by atoms with E-state index in [1.165, 1.54) is 0 Å². The first-order valence-electron chi connectivity index (χ1n) is 4.97. The molecule has 0 aromatic heterocycles. The number of ether oxygens (including phenoxy) is 1. The quantitative estimate of drug-likeness (QED) is 0.511. The van der Waals surface area contributed by atoms with E-state index in [1.807, 2.05) is 0 Å². The molecule has 0 unspecified atom stereocenters. The first-order chi connectivity index (χ1) is 6.64. The van der Waals surface area contributed by atoms with Gasteiger partial charge < -0.3 is 4.74 Å². The van der Waals surface area contributed by atoms with E-state index in [0.717, 1.165) is 0 Å². The van der Waals surface area contributed by atoms with Crippen LogP contribution >= 0.6 is 0 Å². The second kappa shape index (κ2) is 4.40. The normalized spacial score (nSPS) is 20.2. The van der Waals surface area contributed by atoms with Gasteiger partial charge in [0.15, 0.2) is 0 Å². The van der Waals surface area contributed by atoms with Crippen LogP contribution < -0.4 is 0 Å². The fourth-order valence-electron chi connectivity index (χ4n) is 1.74. The zero-order chi connectivity index (χ0) is 10.6. The summed E-state index contributed by atoms with van der Waals surface area (Å²) in [7, 11) is 0. The van der Waals surface area contributed by atoms with Gasteiger partial charge in [-0.15, -0.1) is 6.58 Å². The van der Waals surface area contributed by atoms with Gasteiger partial charge in [0.05, 0.1) is 12.0 Å². The van der Waals surface area contributed by atoms with E-state index in [0.29, 0.717) is 32.3 Å². The van der Waals surface area contributed by atoms with Crippen molar-refractivity contribution in [1.82, 2.24) is 0 Å². The molecule has 0 heterocycles. The number of carbonyl (C=O) groups is 2. The third-order valence-corrected chi connectivity index (χ3v) is 2.77. The number of carbonyl (C=O) groups excluding carboxylic acids is 2. The van der Waals surface area contributed by atoms with Crippen LogP contribution in [0.1, 0.15) is 32.6 Å². The molecule has 3 heteroatoms. The van der Waals surface area contributed by atoms with E-state index in [4.69, 9.17) is 4.74 Å². The van der Waals surface area contributed by atoms with Crippen molar-refractivity contribution >= 4 is 11.8 Å². The summed E-state index contributed by atoms with van der Waals surface area (Å²) in [6, 6.07) is 0. The van der Waals surface area contributed by atoms with Gasteiger partial charge >= 0.3 is 5.97 Å². The van der Waals surface area contributed by atoms with Crippen LogP contribution in [0.25, 0.3) is 0 Å². The Hall–Kier alpha value is -1.12. The maximum absolute atomic E-state index is 11.7. The first-order valence-corrected chi connectivity index (χ1v) is 4.97. The molecule has 0 radical (unpaired) electrons. The molecule has 0 spiro atoms. The Morgan fingerprint density at radius 3 is 2.57 bits per heavy atom. The monoisotopic (exact) mass is 196 g/mol. The minimum Gasteiger partial charge on any atom is -0.465 e. The molecule has 0 aromatic rings. The average molecular weight is 196 g/mol. The fourth-order valence-corrected chi connectivity index (χ4v) is 1.74. The molecule has 1 aliphatic rings. The minimum atomic E-state index is -0.607. The predicted octanol–water partition coefficient (Wildman–Crippen LogP) is 1.86. The van der Waals surface area contributed by atoms with Gasteiger partial charge in [0.2, 0.25) is 0 Å². The van der Waals surface area contributed by atoms with Crippen LogP contribution in [-0.2, 0) is 14.3 Å². The lowest BCUT2D eigenvalue weighted by Gasteiger charge is -2.30. The number of rotatable bonds is 3. The highest BCUT2D eigenvalue weighted by Crippen LogP contribution is 2.37. The SMILES string of the molecule is C=CC1(C(=O)OCC)CCC(=O)CC1. The van der Waals surface area contributed by atoms with E-state index in [-0.39, 0.29) is 11.8 Å². The zero-order valence-corrected chi connectivity index (χ0v) is 8.54. The molecule has 3 nitrogen and oxygen atoms in total. The molecule has 1 fully saturated rings. The van der Waals surface area contributed by atoms with Gasteiger partial charge in [-0.1, -0.05) is 6.08 Å². The smallest absolute Gasteiger partial charge is 0.315 e. The molecule has 1 saturated carbocycles. The highest BCUT2D eigenvalue weighted by Gasteiger charge is 2.39. The fraction of sp³-hybridized carbons (Fsp3) is 0.636. The van der Waals surface area contributed by atoms with Crippen molar-refractivity contribution in [2.45, 2.75) is 32.6 Å². The van der Waals surface area contributed by atoms with Crippen LogP contribution in [0.5, 0.6) is 0 Å². The lowest BCUT2D eigenvalue weighted by atomic mass is 9.74. The van der Waals surface area contributed by atoms with Crippen molar-refractivity contribution in [2.75, 3.05) is 6.61 Å². The third-order valence-electron chi connectivity index (χ3n) is 2.77. The van der Waals surface area contributed by atoms with Gasteiger partial charge in [0.1, 0.15) is 5.78 Å². The minimum absolute atomic E-state index is 0.228. The van der Waals surface area contributed by atoms with E-state index in [2.05, 4.69) is 6.58 Å². The summed E-state index contributed by atoms with van der Waals surface area (Å²) in [5.41, 5.74) is -0.607. The largest absolute Gasteiger partial charge is 0.465 e. The Kier molecular flexibility index (Phi) is 3.44. The summed E-state index contributed by atoms with van der Waals surface area (Å²) in [6.07, 6.45) is 3.66. The summed E-state index contributed by atoms with van der Waals surface area (Å²) < 4.78 is 4.99. The van der Waals surface area contributed by atoms with Crippen LogP contribution in [0, 0.1) is 5.41 Å². The van der Waals surface area contributed by atoms with Crippen molar-refractivity contribution in [1.29, 1.82) is 0 Å². The summed E-state index contributed by atoms with van der Waals surface area (Å²) in [5.74, 6) is -0.00530. The highest BCUT2D eigenvalue weighted by molar-refractivity contribution is 5.85. The summed E-state index contributed by atoms with van der Waals surface area (Å²) in [5, 5.41) is 0. The molecule has 78 valence electrons.